The third kappa shape index (κ3) is 6.13. The summed E-state index contributed by atoms with van der Waals surface area (Å²) in [5, 5.41) is 18.6. The molecule has 1 rings (SSSR count). The quantitative estimate of drug-likeness (QED) is 0.597. The van der Waals surface area contributed by atoms with Crippen molar-refractivity contribution >= 4 is 5.97 Å². The number of ether oxygens (including phenoxy) is 1. The van der Waals surface area contributed by atoms with E-state index in [0.717, 1.165) is 5.56 Å². The number of hydrogen-bond donors (Lipinski definition) is 2. The fraction of sp³-hybridized carbons (Fsp3) is 0.500. The number of carbonyl (C=O) groups excluding carboxylic acids is 1. The van der Waals surface area contributed by atoms with Crippen molar-refractivity contribution in [3.05, 3.63) is 23.8 Å². The molecular weight excluding hydrogens is 232 g/mol. The van der Waals surface area contributed by atoms with E-state index in [4.69, 9.17) is 0 Å². The van der Waals surface area contributed by atoms with Crippen LogP contribution in [0.1, 0.15) is 40.2 Å². The first kappa shape index (κ1) is 16.3. The normalized spacial score (nSPS) is 10.3. The summed E-state index contributed by atoms with van der Waals surface area (Å²) < 4.78 is 4.40. The molecule has 0 heterocycles. The molecule has 18 heavy (non-hydrogen) atoms. The molecule has 0 fully saturated rings. The van der Waals surface area contributed by atoms with E-state index >= 15 is 0 Å². The summed E-state index contributed by atoms with van der Waals surface area (Å²) in [7, 11) is 0. The van der Waals surface area contributed by atoms with Crippen molar-refractivity contribution in [2.24, 2.45) is 0 Å². The van der Waals surface area contributed by atoms with Gasteiger partial charge in [0.2, 0.25) is 0 Å². The topological polar surface area (TPSA) is 66.8 Å². The zero-order valence-corrected chi connectivity index (χ0v) is 11.7. The van der Waals surface area contributed by atoms with Crippen LogP contribution in [0.25, 0.3) is 0 Å². The average molecular weight is 254 g/mol. The van der Waals surface area contributed by atoms with Gasteiger partial charge in [-0.2, -0.15) is 0 Å². The molecule has 0 aliphatic rings. The molecule has 2 N–H and O–H groups in total. The molecule has 0 aliphatic heterocycles. The SMILES string of the molecule is CC(C)(C)c1cc(O)ccc1O.CCOC(C)=O. The molecule has 1 aromatic carbocycles. The summed E-state index contributed by atoms with van der Waals surface area (Å²) in [4.78, 5) is 9.82. The highest BCUT2D eigenvalue weighted by atomic mass is 16.5. The predicted octanol–water partition coefficient (Wildman–Crippen LogP) is 2.96. The van der Waals surface area contributed by atoms with Crippen molar-refractivity contribution in [2.75, 3.05) is 6.61 Å². The second-order valence-corrected chi connectivity index (χ2v) is 4.88. The maximum atomic E-state index is 9.82. The first-order valence-corrected chi connectivity index (χ1v) is 5.84. The van der Waals surface area contributed by atoms with Gasteiger partial charge in [-0.05, 0) is 30.5 Å². The molecule has 1 aromatic rings. The van der Waals surface area contributed by atoms with Crippen molar-refractivity contribution in [2.45, 2.75) is 40.0 Å². The monoisotopic (exact) mass is 254 g/mol. The van der Waals surface area contributed by atoms with E-state index in [9.17, 15) is 15.0 Å². The second-order valence-electron chi connectivity index (χ2n) is 4.88. The van der Waals surface area contributed by atoms with Crippen molar-refractivity contribution in [1.29, 1.82) is 0 Å². The molecule has 0 spiro atoms. The van der Waals surface area contributed by atoms with E-state index in [1.807, 2.05) is 20.8 Å². The molecule has 0 bridgehead atoms. The Labute approximate surface area is 108 Å². The number of aromatic hydroxyl groups is 2. The minimum Gasteiger partial charge on any atom is -0.508 e. The van der Waals surface area contributed by atoms with Crippen molar-refractivity contribution < 1.29 is 19.7 Å². The molecule has 0 saturated carbocycles. The number of phenolic OH excluding ortho intramolecular Hbond substituents is 2. The van der Waals surface area contributed by atoms with Gasteiger partial charge in [-0.15, -0.1) is 0 Å². The van der Waals surface area contributed by atoms with E-state index in [0.29, 0.717) is 6.61 Å². The van der Waals surface area contributed by atoms with Gasteiger partial charge in [0, 0.05) is 12.5 Å². The van der Waals surface area contributed by atoms with Crippen LogP contribution in [0.5, 0.6) is 11.5 Å². The molecule has 0 unspecified atom stereocenters. The lowest BCUT2D eigenvalue weighted by molar-refractivity contribution is -0.140. The Morgan fingerprint density at radius 3 is 2.11 bits per heavy atom. The Morgan fingerprint density at radius 2 is 1.83 bits per heavy atom. The summed E-state index contributed by atoms with van der Waals surface area (Å²) in [6.45, 7) is 9.62. The van der Waals surface area contributed by atoms with Gasteiger partial charge in [-0.3, -0.25) is 4.79 Å². The van der Waals surface area contributed by atoms with Gasteiger partial charge >= 0.3 is 5.97 Å². The lowest BCUT2D eigenvalue weighted by atomic mass is 9.86. The highest BCUT2D eigenvalue weighted by Gasteiger charge is 2.17. The van der Waals surface area contributed by atoms with Gasteiger partial charge in [0.15, 0.2) is 0 Å². The number of hydrogen-bond acceptors (Lipinski definition) is 4. The van der Waals surface area contributed by atoms with Gasteiger partial charge in [0.05, 0.1) is 6.61 Å². The van der Waals surface area contributed by atoms with Crippen LogP contribution in [0.15, 0.2) is 18.2 Å². The standard InChI is InChI=1S/C10H14O2.C4H8O2/c1-10(2,3)8-6-7(11)4-5-9(8)12;1-3-6-4(2)5/h4-6,11-12H,1-3H3;3H2,1-2H3. The highest BCUT2D eigenvalue weighted by molar-refractivity contribution is 5.65. The minimum atomic E-state index is -0.211. The van der Waals surface area contributed by atoms with E-state index in [-0.39, 0.29) is 22.9 Å². The third-order valence-corrected chi connectivity index (χ3v) is 2.14. The Hall–Kier alpha value is -1.71. The Bertz CT molecular complexity index is 391. The molecule has 0 radical (unpaired) electrons. The van der Waals surface area contributed by atoms with Crippen LogP contribution in [-0.4, -0.2) is 22.8 Å². The summed E-state index contributed by atoms with van der Waals surface area (Å²) >= 11 is 0. The number of phenols is 2. The largest absolute Gasteiger partial charge is 0.508 e. The number of carbonyl (C=O) groups is 1. The fourth-order valence-corrected chi connectivity index (χ4v) is 1.33. The Morgan fingerprint density at radius 1 is 1.28 bits per heavy atom. The highest BCUT2D eigenvalue weighted by Crippen LogP contribution is 2.32. The predicted molar refractivity (Wildman–Crippen MR) is 70.8 cm³/mol. The van der Waals surface area contributed by atoms with Crippen molar-refractivity contribution in [1.82, 2.24) is 0 Å². The maximum absolute atomic E-state index is 9.82. The summed E-state index contributed by atoms with van der Waals surface area (Å²) in [5.74, 6) is 0.218. The number of esters is 1. The van der Waals surface area contributed by atoms with E-state index in [1.54, 1.807) is 13.0 Å². The molecule has 0 saturated heterocycles. The molecule has 4 nitrogen and oxygen atoms in total. The molecule has 0 aliphatic carbocycles. The third-order valence-electron chi connectivity index (χ3n) is 2.14. The zero-order valence-electron chi connectivity index (χ0n) is 11.7. The lowest BCUT2D eigenvalue weighted by Crippen LogP contribution is -2.10. The van der Waals surface area contributed by atoms with Gasteiger partial charge in [-0.25, -0.2) is 0 Å². The summed E-state index contributed by atoms with van der Waals surface area (Å²) in [5.41, 5.74) is 0.630. The van der Waals surface area contributed by atoms with Gasteiger partial charge in [0.1, 0.15) is 11.5 Å². The number of benzene rings is 1. The second kappa shape index (κ2) is 6.89. The molecule has 0 atom stereocenters. The summed E-state index contributed by atoms with van der Waals surface area (Å²) in [6.07, 6.45) is 0. The van der Waals surface area contributed by atoms with Crippen LogP contribution in [-0.2, 0) is 14.9 Å². The molecule has 4 heteroatoms. The molecule has 0 amide bonds. The van der Waals surface area contributed by atoms with Crippen LogP contribution in [0.2, 0.25) is 0 Å². The van der Waals surface area contributed by atoms with Crippen LogP contribution in [0.4, 0.5) is 0 Å². The lowest BCUT2D eigenvalue weighted by Gasteiger charge is -2.20. The van der Waals surface area contributed by atoms with Crippen LogP contribution < -0.4 is 0 Å². The van der Waals surface area contributed by atoms with Crippen LogP contribution in [0.3, 0.4) is 0 Å². The fourth-order valence-electron chi connectivity index (χ4n) is 1.33. The van der Waals surface area contributed by atoms with Crippen molar-refractivity contribution in [3.63, 3.8) is 0 Å². The first-order valence-electron chi connectivity index (χ1n) is 5.84. The van der Waals surface area contributed by atoms with Crippen molar-refractivity contribution in [3.8, 4) is 11.5 Å². The molecule has 102 valence electrons. The minimum absolute atomic E-state index is 0.136. The summed E-state index contributed by atoms with van der Waals surface area (Å²) in [6, 6.07) is 4.58. The smallest absolute Gasteiger partial charge is 0.302 e. The van der Waals surface area contributed by atoms with Gasteiger partial charge in [-0.1, -0.05) is 20.8 Å². The van der Waals surface area contributed by atoms with Gasteiger partial charge < -0.3 is 14.9 Å². The molecular formula is C14H22O4. The first-order chi connectivity index (χ1) is 8.18. The van der Waals surface area contributed by atoms with E-state index in [1.165, 1.54) is 19.1 Å². The maximum Gasteiger partial charge on any atom is 0.302 e. The van der Waals surface area contributed by atoms with Gasteiger partial charge in [0.25, 0.3) is 0 Å². The molecule has 0 aromatic heterocycles. The Balaban J connectivity index is 0.000000411. The van der Waals surface area contributed by atoms with Crippen LogP contribution >= 0.6 is 0 Å². The van der Waals surface area contributed by atoms with E-state index in [2.05, 4.69) is 4.74 Å². The average Bonchev–Trinajstić information content (AvgIpc) is 2.21. The Kier molecular flexibility index (Phi) is 6.23. The van der Waals surface area contributed by atoms with E-state index < -0.39 is 0 Å². The van der Waals surface area contributed by atoms with Crippen LogP contribution in [0, 0.1) is 0 Å². The number of rotatable bonds is 1. The zero-order chi connectivity index (χ0) is 14.3.